The molecule has 0 spiro atoms. The molecule has 15 heavy (non-hydrogen) atoms. The largest absolute Gasteiger partial charge is 0.346 e. The number of hydrogen-bond donors (Lipinski definition) is 2. The van der Waals surface area contributed by atoms with E-state index in [-0.39, 0.29) is 11.8 Å². The molecule has 0 unspecified atom stereocenters. The Morgan fingerprint density at radius 1 is 1.20 bits per heavy atom. The molecule has 3 nitrogen and oxygen atoms in total. The molecule has 1 aliphatic heterocycles. The van der Waals surface area contributed by atoms with Crippen molar-refractivity contribution in [3.8, 4) is 0 Å². The second kappa shape index (κ2) is 4.94. The van der Waals surface area contributed by atoms with Gasteiger partial charge < -0.3 is 10.6 Å². The van der Waals surface area contributed by atoms with E-state index in [1.54, 1.807) is 0 Å². The first-order valence-electron chi connectivity index (χ1n) is 5.54. The van der Waals surface area contributed by atoms with Crippen LogP contribution < -0.4 is 10.6 Å². The van der Waals surface area contributed by atoms with E-state index < -0.39 is 0 Å². The highest BCUT2D eigenvalue weighted by molar-refractivity contribution is 5.92. The van der Waals surface area contributed by atoms with Crippen molar-refractivity contribution in [2.24, 2.45) is 5.92 Å². The fourth-order valence-corrected chi connectivity index (χ4v) is 1.95. The summed E-state index contributed by atoms with van der Waals surface area (Å²) >= 11 is 0. The van der Waals surface area contributed by atoms with Crippen molar-refractivity contribution in [1.29, 1.82) is 0 Å². The standard InChI is InChI=1S/C12H16N2O/c15-12(10-6-8-13-9-7-10)14-11-4-2-1-3-5-11/h1-5,10,13H,6-9H2,(H,14,15)/p+1. The molecule has 80 valence electrons. The van der Waals surface area contributed by atoms with Gasteiger partial charge in [0, 0.05) is 24.4 Å². The van der Waals surface area contributed by atoms with E-state index in [4.69, 9.17) is 0 Å². The second-order valence-corrected chi connectivity index (χ2v) is 4.00. The highest BCUT2D eigenvalue weighted by Gasteiger charge is 2.22. The zero-order valence-corrected chi connectivity index (χ0v) is 8.78. The normalized spacial score (nSPS) is 17.3. The van der Waals surface area contributed by atoms with E-state index in [2.05, 4.69) is 10.6 Å². The van der Waals surface area contributed by atoms with E-state index in [9.17, 15) is 4.79 Å². The van der Waals surface area contributed by atoms with Gasteiger partial charge in [-0.2, -0.15) is 0 Å². The van der Waals surface area contributed by atoms with Gasteiger partial charge in [-0.1, -0.05) is 18.2 Å². The maximum absolute atomic E-state index is 11.8. The number of carbonyl (C=O) groups is 1. The van der Waals surface area contributed by atoms with Crippen molar-refractivity contribution in [2.45, 2.75) is 12.8 Å². The quantitative estimate of drug-likeness (QED) is 0.729. The summed E-state index contributed by atoms with van der Waals surface area (Å²) in [7, 11) is 0. The van der Waals surface area contributed by atoms with Crippen LogP contribution in [0.1, 0.15) is 12.8 Å². The second-order valence-electron chi connectivity index (χ2n) is 4.00. The Balaban J connectivity index is 1.91. The number of benzene rings is 1. The number of hydrogen-bond acceptors (Lipinski definition) is 1. The summed E-state index contributed by atoms with van der Waals surface area (Å²) in [6.07, 6.45) is 2.00. The topological polar surface area (TPSA) is 45.7 Å². The first kappa shape index (κ1) is 10.2. The Labute approximate surface area is 89.9 Å². The molecule has 1 heterocycles. The molecular weight excluding hydrogens is 188 g/mol. The van der Waals surface area contributed by atoms with Gasteiger partial charge in [0.05, 0.1) is 13.1 Å². The lowest BCUT2D eigenvalue weighted by molar-refractivity contribution is -0.663. The molecule has 3 heteroatoms. The summed E-state index contributed by atoms with van der Waals surface area (Å²) in [5.74, 6) is 0.379. The van der Waals surface area contributed by atoms with Gasteiger partial charge in [-0.05, 0) is 12.1 Å². The van der Waals surface area contributed by atoms with Crippen molar-refractivity contribution in [2.75, 3.05) is 18.4 Å². The zero-order valence-electron chi connectivity index (χ0n) is 8.78. The number of piperidine rings is 1. The van der Waals surface area contributed by atoms with Gasteiger partial charge in [0.15, 0.2) is 0 Å². The van der Waals surface area contributed by atoms with E-state index >= 15 is 0 Å². The van der Waals surface area contributed by atoms with Gasteiger partial charge in [0.1, 0.15) is 0 Å². The molecule has 0 saturated carbocycles. The number of amides is 1. The summed E-state index contributed by atoms with van der Waals surface area (Å²) in [4.78, 5) is 11.8. The van der Waals surface area contributed by atoms with Crippen LogP contribution in [0.15, 0.2) is 30.3 Å². The van der Waals surface area contributed by atoms with Gasteiger partial charge in [-0.15, -0.1) is 0 Å². The Morgan fingerprint density at radius 3 is 2.53 bits per heavy atom. The first-order valence-corrected chi connectivity index (χ1v) is 5.54. The van der Waals surface area contributed by atoms with Crippen LogP contribution in [0, 0.1) is 5.92 Å². The van der Waals surface area contributed by atoms with Gasteiger partial charge >= 0.3 is 0 Å². The number of anilines is 1. The number of rotatable bonds is 2. The fourth-order valence-electron chi connectivity index (χ4n) is 1.95. The van der Waals surface area contributed by atoms with Gasteiger partial charge in [0.2, 0.25) is 5.91 Å². The highest BCUT2D eigenvalue weighted by atomic mass is 16.1. The highest BCUT2D eigenvalue weighted by Crippen LogP contribution is 2.13. The van der Waals surface area contributed by atoms with Crippen LogP contribution in [0.4, 0.5) is 5.69 Å². The maximum Gasteiger partial charge on any atom is 0.227 e. The summed E-state index contributed by atoms with van der Waals surface area (Å²) in [6.45, 7) is 2.15. The number of nitrogens with one attached hydrogen (secondary N) is 1. The zero-order chi connectivity index (χ0) is 10.5. The minimum absolute atomic E-state index is 0.175. The summed E-state index contributed by atoms with van der Waals surface area (Å²) < 4.78 is 0. The number of para-hydroxylation sites is 1. The van der Waals surface area contributed by atoms with Crippen LogP contribution in [0.2, 0.25) is 0 Å². The van der Waals surface area contributed by atoms with Crippen LogP contribution in [-0.4, -0.2) is 19.0 Å². The Hall–Kier alpha value is -1.35. The van der Waals surface area contributed by atoms with E-state index in [1.165, 1.54) is 0 Å². The third-order valence-electron chi connectivity index (χ3n) is 2.85. The monoisotopic (exact) mass is 205 g/mol. The SMILES string of the molecule is O=C(Nc1ccccc1)C1CC[NH2+]CC1. The van der Waals surface area contributed by atoms with Crippen molar-refractivity contribution in [3.05, 3.63) is 30.3 Å². The van der Waals surface area contributed by atoms with Crippen LogP contribution in [-0.2, 0) is 4.79 Å². The Morgan fingerprint density at radius 2 is 1.87 bits per heavy atom. The smallest absolute Gasteiger partial charge is 0.227 e. The Kier molecular flexibility index (Phi) is 3.35. The molecule has 1 aromatic rings. The maximum atomic E-state index is 11.8. The van der Waals surface area contributed by atoms with Crippen molar-refractivity contribution < 1.29 is 10.1 Å². The van der Waals surface area contributed by atoms with Crippen molar-refractivity contribution in [3.63, 3.8) is 0 Å². The summed E-state index contributed by atoms with van der Waals surface area (Å²) in [6, 6.07) is 9.67. The average Bonchev–Trinajstić information content (AvgIpc) is 2.31. The number of nitrogens with two attached hydrogens (primary N) is 1. The lowest BCUT2D eigenvalue weighted by Gasteiger charge is -2.19. The summed E-state index contributed by atoms with van der Waals surface area (Å²) in [5, 5.41) is 5.23. The van der Waals surface area contributed by atoms with Gasteiger partial charge in [-0.25, -0.2) is 0 Å². The van der Waals surface area contributed by atoms with Crippen LogP contribution in [0.5, 0.6) is 0 Å². The van der Waals surface area contributed by atoms with E-state index in [1.807, 2.05) is 30.3 Å². The molecule has 1 aromatic carbocycles. The molecule has 2 rings (SSSR count). The summed E-state index contributed by atoms with van der Waals surface area (Å²) in [5.41, 5.74) is 0.900. The van der Waals surface area contributed by atoms with Crippen molar-refractivity contribution in [1.82, 2.24) is 0 Å². The predicted molar refractivity (Wildman–Crippen MR) is 59.5 cm³/mol. The van der Waals surface area contributed by atoms with Gasteiger partial charge in [0.25, 0.3) is 0 Å². The van der Waals surface area contributed by atoms with Crippen molar-refractivity contribution >= 4 is 11.6 Å². The van der Waals surface area contributed by atoms with Crippen LogP contribution in [0.3, 0.4) is 0 Å². The minimum Gasteiger partial charge on any atom is -0.346 e. The fraction of sp³-hybridized carbons (Fsp3) is 0.417. The van der Waals surface area contributed by atoms with E-state index in [0.29, 0.717) is 0 Å². The van der Waals surface area contributed by atoms with Gasteiger partial charge in [-0.3, -0.25) is 4.79 Å². The van der Waals surface area contributed by atoms with Crippen LogP contribution >= 0.6 is 0 Å². The molecule has 0 aromatic heterocycles. The molecule has 0 bridgehead atoms. The van der Waals surface area contributed by atoms with Crippen LogP contribution in [0.25, 0.3) is 0 Å². The lowest BCUT2D eigenvalue weighted by Crippen LogP contribution is -2.86. The molecule has 1 fully saturated rings. The third kappa shape index (κ3) is 2.80. The molecule has 0 aliphatic carbocycles. The molecule has 0 atom stereocenters. The molecule has 0 radical (unpaired) electrons. The molecule has 1 aliphatic rings. The molecule has 1 amide bonds. The Bertz CT molecular complexity index is 318. The lowest BCUT2D eigenvalue weighted by atomic mass is 9.97. The average molecular weight is 205 g/mol. The van der Waals surface area contributed by atoms with E-state index in [0.717, 1.165) is 31.6 Å². The minimum atomic E-state index is 0.175. The molecular formula is C12H17N2O+. The number of quaternary nitrogens is 1. The molecule has 1 saturated heterocycles. The number of carbonyl (C=O) groups excluding carboxylic acids is 1. The third-order valence-corrected chi connectivity index (χ3v) is 2.85. The predicted octanol–water partition coefficient (Wildman–Crippen LogP) is 0.599. The molecule has 3 N–H and O–H groups in total. The first-order chi connectivity index (χ1) is 7.36.